The zero-order valence-electron chi connectivity index (χ0n) is 25.7. The number of thioether (sulfide) groups is 1. The minimum Gasteiger partial charge on any atom is -0.496 e. The Kier molecular flexibility index (Phi) is 10.7. The quantitative estimate of drug-likeness (QED) is 0.146. The second-order valence-electron chi connectivity index (χ2n) is 10.4. The number of benzene rings is 3. The van der Waals surface area contributed by atoms with Crippen molar-refractivity contribution in [3.05, 3.63) is 112 Å². The van der Waals surface area contributed by atoms with Gasteiger partial charge in [-0.1, -0.05) is 42.5 Å². The minimum absolute atomic E-state index is 0.0131. The average molecular weight is 666 g/mol. The van der Waals surface area contributed by atoms with Gasteiger partial charge >= 0.3 is 0 Å². The van der Waals surface area contributed by atoms with E-state index in [2.05, 4.69) is 22.0 Å². The second-order valence-corrected chi connectivity index (χ2v) is 12.6. The van der Waals surface area contributed by atoms with E-state index in [1.54, 1.807) is 83.8 Å². The van der Waals surface area contributed by atoms with Gasteiger partial charge in [0, 0.05) is 40.1 Å². The van der Waals surface area contributed by atoms with E-state index in [4.69, 9.17) is 4.74 Å². The summed E-state index contributed by atoms with van der Waals surface area (Å²) < 4.78 is 5.43. The summed E-state index contributed by atoms with van der Waals surface area (Å²) in [7, 11) is 1.53. The van der Waals surface area contributed by atoms with Crippen LogP contribution in [0.15, 0.2) is 89.5 Å². The maximum Gasteiger partial charge on any atom is 0.272 e. The number of nitriles is 1. The van der Waals surface area contributed by atoms with Crippen molar-refractivity contribution in [3.63, 3.8) is 0 Å². The largest absolute Gasteiger partial charge is 0.496 e. The topological polar surface area (TPSA) is 141 Å². The number of methoxy groups -OCH3 is 1. The number of ether oxygens (including phenoxy) is 1. The Morgan fingerprint density at radius 2 is 1.79 bits per heavy atom. The second kappa shape index (κ2) is 15.3. The lowest BCUT2D eigenvalue weighted by molar-refractivity contribution is -0.129. The first-order valence-electron chi connectivity index (χ1n) is 14.6. The molecule has 12 heteroatoms. The standard InChI is InChI=1S/C35H31N5O5S2/c1-22(41)40-16-15-27-28(19-36)35(47-31(27)20-40)39-32(42)21-46-26-13-8-12-25(18-26)37-34(44)29(17-24-11-6-7-14-30(24)45-2)38-33(43)23-9-4-3-5-10-23/h3-14,17-18H,15-16,20-21H2,1-2H3,(H,37,44)(H,38,43)(H,39,42)/b29-17+. The van der Waals surface area contributed by atoms with Crippen molar-refractivity contribution >= 4 is 63.5 Å². The van der Waals surface area contributed by atoms with Gasteiger partial charge in [-0.05, 0) is 54.5 Å². The van der Waals surface area contributed by atoms with E-state index >= 15 is 0 Å². The van der Waals surface area contributed by atoms with E-state index in [0.717, 1.165) is 15.3 Å². The Bertz CT molecular complexity index is 1900. The molecule has 4 amide bonds. The van der Waals surface area contributed by atoms with Crippen LogP contribution in [0, 0.1) is 11.3 Å². The van der Waals surface area contributed by atoms with Crippen LogP contribution < -0.4 is 20.7 Å². The molecule has 1 aliphatic rings. The number of nitrogens with zero attached hydrogens (tertiary/aromatic N) is 2. The number of hydrogen-bond donors (Lipinski definition) is 3. The Morgan fingerprint density at radius 1 is 1.02 bits per heavy atom. The van der Waals surface area contributed by atoms with Crippen molar-refractivity contribution in [1.82, 2.24) is 10.2 Å². The normalized spacial score (nSPS) is 12.4. The highest BCUT2D eigenvalue weighted by Crippen LogP contribution is 2.37. The minimum atomic E-state index is -0.547. The van der Waals surface area contributed by atoms with E-state index < -0.39 is 11.8 Å². The van der Waals surface area contributed by atoms with Gasteiger partial charge in [0.1, 0.15) is 22.5 Å². The number of fused-ring (bicyclic) bond motifs is 1. The summed E-state index contributed by atoms with van der Waals surface area (Å²) in [5, 5.41) is 18.7. The molecule has 0 saturated heterocycles. The number of anilines is 2. The zero-order valence-corrected chi connectivity index (χ0v) is 27.3. The van der Waals surface area contributed by atoms with Crippen LogP contribution in [0.3, 0.4) is 0 Å². The number of thiophene rings is 1. The van der Waals surface area contributed by atoms with Gasteiger partial charge in [-0.2, -0.15) is 5.26 Å². The summed E-state index contributed by atoms with van der Waals surface area (Å²) in [5.74, 6) is -0.701. The number of rotatable bonds is 10. The molecule has 1 aliphatic heterocycles. The molecule has 3 aromatic carbocycles. The number of para-hydroxylation sites is 1. The molecule has 0 spiro atoms. The number of carbonyl (C=O) groups excluding carboxylic acids is 4. The van der Waals surface area contributed by atoms with Gasteiger partial charge < -0.3 is 25.6 Å². The SMILES string of the molecule is COc1ccccc1/C=C(/NC(=O)c1ccccc1)C(=O)Nc1cccc(SCC(=O)Nc2sc3c(c2C#N)CCN(C(C)=O)C3)c1. The molecule has 0 aliphatic carbocycles. The molecule has 0 atom stereocenters. The molecule has 0 fully saturated rings. The Morgan fingerprint density at radius 3 is 2.53 bits per heavy atom. The molecule has 0 saturated carbocycles. The summed E-state index contributed by atoms with van der Waals surface area (Å²) >= 11 is 2.60. The molecule has 0 bridgehead atoms. The van der Waals surface area contributed by atoms with Crippen LogP contribution in [0.4, 0.5) is 10.7 Å². The van der Waals surface area contributed by atoms with Crippen LogP contribution in [-0.2, 0) is 27.3 Å². The molecule has 0 radical (unpaired) electrons. The fourth-order valence-corrected chi connectivity index (χ4v) is 6.92. The van der Waals surface area contributed by atoms with Crippen LogP contribution in [-0.4, -0.2) is 47.9 Å². The highest BCUT2D eigenvalue weighted by atomic mass is 32.2. The van der Waals surface area contributed by atoms with Gasteiger partial charge in [-0.3, -0.25) is 19.2 Å². The van der Waals surface area contributed by atoms with E-state index in [1.807, 2.05) is 6.07 Å². The van der Waals surface area contributed by atoms with E-state index in [9.17, 15) is 24.4 Å². The van der Waals surface area contributed by atoms with Gasteiger partial charge in [-0.25, -0.2) is 0 Å². The molecular weight excluding hydrogens is 635 g/mol. The van der Waals surface area contributed by atoms with Crippen LogP contribution in [0.1, 0.15) is 38.8 Å². The Labute approximate surface area is 280 Å². The monoisotopic (exact) mass is 665 g/mol. The third kappa shape index (κ3) is 8.26. The van der Waals surface area contributed by atoms with Crippen LogP contribution >= 0.6 is 23.1 Å². The molecule has 238 valence electrons. The molecule has 10 nitrogen and oxygen atoms in total. The maximum absolute atomic E-state index is 13.5. The summed E-state index contributed by atoms with van der Waals surface area (Å²) in [6, 6.07) is 24.9. The summed E-state index contributed by atoms with van der Waals surface area (Å²) in [4.78, 5) is 54.6. The lowest BCUT2D eigenvalue weighted by Crippen LogP contribution is -2.33. The van der Waals surface area contributed by atoms with Crippen molar-refractivity contribution in [2.45, 2.75) is 24.8 Å². The number of amides is 4. The first kappa shape index (κ1) is 33.0. The van der Waals surface area contributed by atoms with Crippen molar-refractivity contribution in [1.29, 1.82) is 5.26 Å². The number of nitrogens with one attached hydrogen (secondary N) is 3. The van der Waals surface area contributed by atoms with Crippen molar-refractivity contribution in [2.24, 2.45) is 0 Å². The van der Waals surface area contributed by atoms with Crippen LogP contribution in [0.2, 0.25) is 0 Å². The van der Waals surface area contributed by atoms with Crippen molar-refractivity contribution in [2.75, 3.05) is 30.0 Å². The van der Waals surface area contributed by atoms with Gasteiger partial charge in [-0.15, -0.1) is 23.1 Å². The summed E-state index contributed by atoms with van der Waals surface area (Å²) in [6.45, 7) is 2.49. The van der Waals surface area contributed by atoms with Crippen LogP contribution in [0.25, 0.3) is 6.08 Å². The smallest absolute Gasteiger partial charge is 0.272 e. The van der Waals surface area contributed by atoms with E-state index in [0.29, 0.717) is 52.6 Å². The molecule has 47 heavy (non-hydrogen) atoms. The molecule has 2 heterocycles. The highest BCUT2D eigenvalue weighted by Gasteiger charge is 2.26. The summed E-state index contributed by atoms with van der Waals surface area (Å²) in [5.41, 5.74) is 2.82. The average Bonchev–Trinajstić information content (AvgIpc) is 3.43. The third-order valence-corrected chi connectivity index (χ3v) is 9.42. The molecule has 4 aromatic rings. The predicted octanol–water partition coefficient (Wildman–Crippen LogP) is 5.67. The zero-order chi connectivity index (χ0) is 33.3. The lowest BCUT2D eigenvalue weighted by Gasteiger charge is -2.25. The molecular formula is C35H31N5O5S2. The Balaban J connectivity index is 1.26. The number of hydrogen-bond acceptors (Lipinski definition) is 8. The first-order chi connectivity index (χ1) is 22.7. The van der Waals surface area contributed by atoms with E-state index in [-0.39, 0.29) is 23.3 Å². The molecule has 0 unspecified atom stereocenters. The van der Waals surface area contributed by atoms with Gasteiger partial charge in [0.25, 0.3) is 11.8 Å². The number of carbonyl (C=O) groups is 4. The van der Waals surface area contributed by atoms with Crippen molar-refractivity contribution < 1.29 is 23.9 Å². The Hall–Kier alpha value is -5.38. The van der Waals surface area contributed by atoms with Crippen LogP contribution in [0.5, 0.6) is 5.75 Å². The first-order valence-corrected chi connectivity index (χ1v) is 16.4. The fraction of sp³-hybridized carbons (Fsp3) is 0.171. The molecule has 5 rings (SSSR count). The maximum atomic E-state index is 13.5. The molecule has 1 aromatic heterocycles. The molecule has 3 N–H and O–H groups in total. The highest BCUT2D eigenvalue weighted by molar-refractivity contribution is 8.00. The van der Waals surface area contributed by atoms with Gasteiger partial charge in [0.15, 0.2) is 0 Å². The van der Waals surface area contributed by atoms with Gasteiger partial charge in [0.2, 0.25) is 11.8 Å². The summed E-state index contributed by atoms with van der Waals surface area (Å²) in [6.07, 6.45) is 2.12. The van der Waals surface area contributed by atoms with E-state index in [1.165, 1.54) is 37.1 Å². The lowest BCUT2D eigenvalue weighted by atomic mass is 10.0. The fourth-order valence-electron chi connectivity index (χ4n) is 4.94. The van der Waals surface area contributed by atoms with Gasteiger partial charge in [0.05, 0.1) is 25.0 Å². The third-order valence-electron chi connectivity index (χ3n) is 7.30. The predicted molar refractivity (Wildman–Crippen MR) is 183 cm³/mol. The van der Waals surface area contributed by atoms with Crippen molar-refractivity contribution in [3.8, 4) is 11.8 Å².